The Bertz CT molecular complexity index is 668. The molecule has 0 aliphatic carbocycles. The Morgan fingerprint density at radius 2 is 0.920 bits per heavy atom. The molecule has 1 saturated heterocycles. The summed E-state index contributed by atoms with van der Waals surface area (Å²) in [4.78, 5) is 4.68. The van der Waals surface area contributed by atoms with Gasteiger partial charge < -0.3 is 21.3 Å². The van der Waals surface area contributed by atoms with E-state index in [0.717, 1.165) is 48.7 Å². The summed E-state index contributed by atoms with van der Waals surface area (Å²) < 4.78 is 0. The van der Waals surface area contributed by atoms with Crippen LogP contribution in [0.1, 0.15) is 11.1 Å². The van der Waals surface area contributed by atoms with E-state index in [2.05, 4.69) is 9.80 Å². The molecule has 0 spiro atoms. The van der Waals surface area contributed by atoms with Crippen LogP contribution in [0.3, 0.4) is 0 Å². The standard InChI is InChI=1S/C18H22N6.ClH/c19-17(20)13-1-5-15(6-2-13)23-9-11-24(12-10-23)16-7-3-14(4-8-16)18(21)22;/h1-8H,9-12H2,(H3,19,20)(H3,21,22);1H. The van der Waals surface area contributed by atoms with Gasteiger partial charge in [0, 0.05) is 48.7 Å². The van der Waals surface area contributed by atoms with Crippen LogP contribution in [-0.2, 0) is 0 Å². The van der Waals surface area contributed by atoms with Crippen molar-refractivity contribution in [1.82, 2.24) is 0 Å². The molecule has 0 amide bonds. The lowest BCUT2D eigenvalue weighted by Gasteiger charge is -2.37. The molecule has 1 fully saturated rings. The third-order valence-corrected chi connectivity index (χ3v) is 4.37. The van der Waals surface area contributed by atoms with Gasteiger partial charge in [-0.15, -0.1) is 12.4 Å². The Kier molecular flexibility index (Phi) is 5.88. The molecule has 6 N–H and O–H groups in total. The fourth-order valence-electron chi connectivity index (χ4n) is 2.93. The van der Waals surface area contributed by atoms with Gasteiger partial charge in [-0.25, -0.2) is 0 Å². The third kappa shape index (κ3) is 4.22. The summed E-state index contributed by atoms with van der Waals surface area (Å²) in [5, 5.41) is 14.9. The quantitative estimate of drug-likeness (QED) is 0.495. The van der Waals surface area contributed by atoms with Crippen molar-refractivity contribution < 1.29 is 0 Å². The van der Waals surface area contributed by atoms with Crippen molar-refractivity contribution in [1.29, 1.82) is 10.8 Å². The Morgan fingerprint density at radius 3 is 1.16 bits per heavy atom. The monoisotopic (exact) mass is 358 g/mol. The minimum Gasteiger partial charge on any atom is -0.384 e. The Morgan fingerprint density at radius 1 is 0.640 bits per heavy atom. The summed E-state index contributed by atoms with van der Waals surface area (Å²) in [5.41, 5.74) is 14.8. The molecule has 0 aromatic heterocycles. The van der Waals surface area contributed by atoms with E-state index >= 15 is 0 Å². The molecule has 7 heteroatoms. The molecule has 2 aromatic rings. The topological polar surface area (TPSA) is 106 Å². The number of nitrogens with two attached hydrogens (primary N) is 2. The van der Waals surface area contributed by atoms with Gasteiger partial charge in [-0.05, 0) is 48.5 Å². The SMILES string of the molecule is Cl.N=C(N)c1ccc(N2CCN(c3ccc(C(=N)N)cc3)CC2)cc1. The number of anilines is 2. The van der Waals surface area contributed by atoms with Gasteiger partial charge in [0.05, 0.1) is 0 Å². The zero-order valence-corrected chi connectivity index (χ0v) is 14.7. The zero-order chi connectivity index (χ0) is 17.1. The second-order valence-corrected chi connectivity index (χ2v) is 5.90. The molecule has 1 heterocycles. The molecule has 25 heavy (non-hydrogen) atoms. The first-order chi connectivity index (χ1) is 11.5. The minimum absolute atomic E-state index is 0. The fourth-order valence-corrected chi connectivity index (χ4v) is 2.93. The maximum atomic E-state index is 7.45. The molecule has 0 atom stereocenters. The van der Waals surface area contributed by atoms with Crippen molar-refractivity contribution in [2.45, 2.75) is 0 Å². The zero-order valence-electron chi connectivity index (χ0n) is 13.9. The van der Waals surface area contributed by atoms with E-state index in [9.17, 15) is 0 Å². The highest BCUT2D eigenvalue weighted by Crippen LogP contribution is 2.21. The van der Waals surface area contributed by atoms with Crippen LogP contribution in [0, 0.1) is 10.8 Å². The molecule has 0 unspecified atom stereocenters. The summed E-state index contributed by atoms with van der Waals surface area (Å²) in [6, 6.07) is 15.7. The van der Waals surface area contributed by atoms with Gasteiger partial charge in [0.15, 0.2) is 0 Å². The van der Waals surface area contributed by atoms with Gasteiger partial charge in [0.25, 0.3) is 0 Å². The number of nitrogens with zero attached hydrogens (tertiary/aromatic N) is 2. The number of hydrogen-bond donors (Lipinski definition) is 4. The second kappa shape index (κ2) is 7.90. The van der Waals surface area contributed by atoms with Crippen molar-refractivity contribution >= 4 is 35.5 Å². The van der Waals surface area contributed by atoms with Crippen LogP contribution in [0.25, 0.3) is 0 Å². The average molecular weight is 359 g/mol. The number of rotatable bonds is 4. The molecule has 1 aliphatic heterocycles. The Hall–Kier alpha value is -2.73. The molecule has 0 saturated carbocycles. The lowest BCUT2D eigenvalue weighted by Crippen LogP contribution is -2.46. The predicted molar refractivity (Wildman–Crippen MR) is 107 cm³/mol. The number of hydrogen-bond acceptors (Lipinski definition) is 4. The van der Waals surface area contributed by atoms with E-state index in [1.54, 1.807) is 0 Å². The van der Waals surface area contributed by atoms with E-state index in [1.807, 2.05) is 48.5 Å². The molecule has 2 aromatic carbocycles. The molecule has 3 rings (SSSR count). The van der Waals surface area contributed by atoms with E-state index in [0.29, 0.717) is 0 Å². The number of nitrogen functional groups attached to an aromatic ring is 2. The van der Waals surface area contributed by atoms with E-state index in [-0.39, 0.29) is 24.1 Å². The van der Waals surface area contributed by atoms with Crippen LogP contribution >= 0.6 is 12.4 Å². The molecular weight excluding hydrogens is 336 g/mol. The number of piperazine rings is 1. The first kappa shape index (κ1) is 18.6. The van der Waals surface area contributed by atoms with E-state index in [4.69, 9.17) is 22.3 Å². The van der Waals surface area contributed by atoms with Gasteiger partial charge >= 0.3 is 0 Å². The highest BCUT2D eigenvalue weighted by Gasteiger charge is 2.17. The fraction of sp³-hybridized carbons (Fsp3) is 0.222. The highest BCUT2D eigenvalue weighted by molar-refractivity contribution is 5.95. The summed E-state index contributed by atoms with van der Waals surface area (Å²) in [6.45, 7) is 3.75. The van der Waals surface area contributed by atoms with Crippen LogP contribution in [0.4, 0.5) is 11.4 Å². The summed E-state index contributed by atoms with van der Waals surface area (Å²) in [7, 11) is 0. The van der Waals surface area contributed by atoms with Crippen LogP contribution in [0.15, 0.2) is 48.5 Å². The lowest BCUT2D eigenvalue weighted by molar-refractivity contribution is 0.653. The minimum atomic E-state index is 0. The largest absolute Gasteiger partial charge is 0.384 e. The predicted octanol–water partition coefficient (Wildman–Crippen LogP) is 2.00. The van der Waals surface area contributed by atoms with E-state index < -0.39 is 0 Å². The number of amidine groups is 2. The van der Waals surface area contributed by atoms with Crippen LogP contribution < -0.4 is 21.3 Å². The molecule has 1 aliphatic rings. The first-order valence-corrected chi connectivity index (χ1v) is 7.93. The normalized spacial score (nSPS) is 13.9. The van der Waals surface area contributed by atoms with Crippen molar-refractivity contribution in [3.05, 3.63) is 59.7 Å². The average Bonchev–Trinajstić information content (AvgIpc) is 2.62. The van der Waals surface area contributed by atoms with E-state index in [1.165, 1.54) is 0 Å². The molecule has 0 radical (unpaired) electrons. The van der Waals surface area contributed by atoms with Gasteiger partial charge in [-0.1, -0.05) is 0 Å². The van der Waals surface area contributed by atoms with Crippen LogP contribution in [0.5, 0.6) is 0 Å². The van der Waals surface area contributed by atoms with Crippen molar-refractivity contribution in [3.63, 3.8) is 0 Å². The smallest absolute Gasteiger partial charge is 0.122 e. The summed E-state index contributed by atoms with van der Waals surface area (Å²) in [5.74, 6) is 0.195. The van der Waals surface area contributed by atoms with Gasteiger partial charge in [0.1, 0.15) is 11.7 Å². The van der Waals surface area contributed by atoms with Gasteiger partial charge in [-0.3, -0.25) is 10.8 Å². The number of nitrogens with one attached hydrogen (secondary N) is 2. The lowest BCUT2D eigenvalue weighted by atomic mass is 10.1. The van der Waals surface area contributed by atoms with Crippen LogP contribution in [-0.4, -0.2) is 37.9 Å². The van der Waals surface area contributed by atoms with Crippen molar-refractivity contribution in [3.8, 4) is 0 Å². The Labute approximate surface area is 153 Å². The first-order valence-electron chi connectivity index (χ1n) is 7.93. The number of benzene rings is 2. The summed E-state index contributed by atoms with van der Waals surface area (Å²) >= 11 is 0. The van der Waals surface area contributed by atoms with Gasteiger partial charge in [-0.2, -0.15) is 0 Å². The van der Waals surface area contributed by atoms with Crippen LogP contribution in [0.2, 0.25) is 0 Å². The second-order valence-electron chi connectivity index (χ2n) is 5.90. The molecule has 6 nitrogen and oxygen atoms in total. The summed E-state index contributed by atoms with van der Waals surface area (Å²) in [6.07, 6.45) is 0. The van der Waals surface area contributed by atoms with Crippen molar-refractivity contribution in [2.75, 3.05) is 36.0 Å². The number of halogens is 1. The van der Waals surface area contributed by atoms with Gasteiger partial charge in [0.2, 0.25) is 0 Å². The molecular formula is C18H23ClN6. The Balaban J connectivity index is 0.00000225. The highest BCUT2D eigenvalue weighted by atomic mass is 35.5. The van der Waals surface area contributed by atoms with Crippen molar-refractivity contribution in [2.24, 2.45) is 11.5 Å². The maximum absolute atomic E-state index is 7.45. The third-order valence-electron chi connectivity index (χ3n) is 4.37. The molecule has 132 valence electrons. The molecule has 0 bridgehead atoms. The maximum Gasteiger partial charge on any atom is 0.122 e.